The fraction of sp³-hybridized carbons (Fsp3) is 0.0182. The zero-order valence-corrected chi connectivity index (χ0v) is 32.2. The van der Waals surface area contributed by atoms with Crippen molar-refractivity contribution in [1.29, 1.82) is 10.5 Å². The zero-order valence-electron chi connectivity index (χ0n) is 32.2. The van der Waals surface area contributed by atoms with Crippen LogP contribution in [0.3, 0.4) is 0 Å². The van der Waals surface area contributed by atoms with Gasteiger partial charge in [0.1, 0.15) is 11.5 Å². The summed E-state index contributed by atoms with van der Waals surface area (Å²) < 4.78 is 7.08. The monoisotopic (exact) mass is 764 g/mol. The molecule has 278 valence electrons. The Hall–Kier alpha value is -8.38. The van der Waals surface area contributed by atoms with Gasteiger partial charge in [-0.1, -0.05) is 146 Å². The molecule has 0 amide bonds. The smallest absolute Gasteiger partial charge is 0.160 e. The molecule has 1 atom stereocenters. The molecule has 2 aliphatic rings. The number of benzene rings is 8. The van der Waals surface area contributed by atoms with Gasteiger partial charge >= 0.3 is 0 Å². The van der Waals surface area contributed by atoms with Gasteiger partial charge in [0.15, 0.2) is 5.82 Å². The van der Waals surface area contributed by atoms with Crippen LogP contribution in [0, 0.1) is 22.7 Å². The van der Waals surface area contributed by atoms with Gasteiger partial charge in [0.25, 0.3) is 0 Å². The lowest BCUT2D eigenvalue weighted by molar-refractivity contribution is 0.438. The van der Waals surface area contributed by atoms with Crippen LogP contribution < -0.4 is 4.74 Å². The number of hydrogen-bond acceptors (Lipinski definition) is 5. The first-order valence-electron chi connectivity index (χ1n) is 19.8. The Labute approximate surface area is 347 Å². The Morgan fingerprint density at radius 2 is 1.00 bits per heavy atom. The second kappa shape index (κ2) is 13.9. The predicted molar refractivity (Wildman–Crippen MR) is 236 cm³/mol. The molecule has 0 bridgehead atoms. The summed E-state index contributed by atoms with van der Waals surface area (Å²) in [6.07, 6.45) is 0. The van der Waals surface area contributed by atoms with Crippen molar-refractivity contribution in [3.05, 3.63) is 228 Å². The van der Waals surface area contributed by atoms with Crippen LogP contribution in [-0.4, -0.2) is 9.97 Å². The Morgan fingerprint density at radius 1 is 0.400 bits per heavy atom. The van der Waals surface area contributed by atoms with Gasteiger partial charge in [0, 0.05) is 27.8 Å². The maximum absolute atomic E-state index is 10.3. The van der Waals surface area contributed by atoms with Crippen molar-refractivity contribution in [3.8, 4) is 90.9 Å². The molecular weight excluding hydrogens is 733 g/mol. The highest BCUT2D eigenvalue weighted by Crippen LogP contribution is 2.64. The summed E-state index contributed by atoms with van der Waals surface area (Å²) in [7, 11) is 0. The zero-order chi connectivity index (χ0) is 40.2. The Bertz CT molecular complexity index is 3190. The minimum atomic E-state index is -0.748. The van der Waals surface area contributed by atoms with E-state index in [0.29, 0.717) is 17.0 Å². The molecule has 8 aromatic carbocycles. The van der Waals surface area contributed by atoms with Crippen molar-refractivity contribution >= 4 is 0 Å². The van der Waals surface area contributed by atoms with E-state index in [0.717, 1.165) is 95.2 Å². The molecule has 1 aliphatic heterocycles. The number of ether oxygens (including phenoxy) is 1. The summed E-state index contributed by atoms with van der Waals surface area (Å²) in [4.78, 5) is 10.3. The van der Waals surface area contributed by atoms with Crippen molar-refractivity contribution in [2.24, 2.45) is 0 Å². The van der Waals surface area contributed by atoms with E-state index in [4.69, 9.17) is 14.7 Å². The quantitative estimate of drug-likeness (QED) is 0.174. The molecule has 0 N–H and O–H groups in total. The highest BCUT2D eigenvalue weighted by molar-refractivity contribution is 5.98. The number of para-hydroxylation sites is 2. The van der Waals surface area contributed by atoms with Gasteiger partial charge in [-0.25, -0.2) is 9.97 Å². The van der Waals surface area contributed by atoms with Gasteiger partial charge in [0.05, 0.1) is 40.1 Å². The van der Waals surface area contributed by atoms with Crippen molar-refractivity contribution in [2.45, 2.75) is 5.41 Å². The van der Waals surface area contributed by atoms with Crippen molar-refractivity contribution in [3.63, 3.8) is 0 Å². The maximum atomic E-state index is 10.3. The number of fused-ring (bicyclic) bond motifs is 9. The third-order valence-corrected chi connectivity index (χ3v) is 11.8. The predicted octanol–water partition coefficient (Wildman–Crippen LogP) is 13.0. The average molecular weight is 765 g/mol. The van der Waals surface area contributed by atoms with Gasteiger partial charge in [-0.05, 0) is 93.0 Å². The SMILES string of the molecule is N#Cc1ccc(-c2cc(C#N)cc(-c3cccc4c3-c3ccccc3C43c4ccccc4Oc4c(-c5cc(-c6ccccc6)nc(-c6ccccc6)n5)cccc43)c2)cc1. The van der Waals surface area contributed by atoms with Crippen molar-refractivity contribution in [2.75, 3.05) is 0 Å². The number of rotatable bonds is 5. The van der Waals surface area contributed by atoms with Crippen LogP contribution in [0.15, 0.2) is 194 Å². The van der Waals surface area contributed by atoms with Crippen LogP contribution in [0.5, 0.6) is 11.5 Å². The third kappa shape index (κ3) is 5.38. The lowest BCUT2D eigenvalue weighted by Gasteiger charge is -2.40. The van der Waals surface area contributed by atoms with E-state index in [-0.39, 0.29) is 0 Å². The molecular formula is C55H32N4O. The minimum Gasteiger partial charge on any atom is -0.456 e. The van der Waals surface area contributed by atoms with Crippen molar-refractivity contribution in [1.82, 2.24) is 9.97 Å². The fourth-order valence-corrected chi connectivity index (χ4v) is 9.22. The standard InChI is InChI=1S/C55H32N4O/c56-33-35-25-27-37(28-26-35)40-29-36(34-57)30-41(31-40)42-18-11-22-47-52(42)43-17-7-8-20-45(43)55(47)46-21-9-10-24-51(46)60-53-44(19-12-23-48(53)55)50-32-49(38-13-3-1-4-14-38)58-54(59-50)39-15-5-2-6-16-39/h1-32H. The highest BCUT2D eigenvalue weighted by atomic mass is 16.5. The number of nitrogens with zero attached hydrogens (tertiary/aromatic N) is 4. The number of hydrogen-bond donors (Lipinski definition) is 0. The molecule has 0 saturated carbocycles. The Kier molecular flexibility index (Phi) is 8.08. The van der Waals surface area contributed by atoms with Crippen LogP contribution in [0.25, 0.3) is 67.3 Å². The summed E-state index contributed by atoms with van der Waals surface area (Å²) in [5, 5.41) is 19.7. The van der Waals surface area contributed by atoms with Crippen LogP contribution in [-0.2, 0) is 5.41 Å². The maximum Gasteiger partial charge on any atom is 0.160 e. The molecule has 2 heterocycles. The fourth-order valence-electron chi connectivity index (χ4n) is 9.22. The first-order chi connectivity index (χ1) is 29.6. The van der Waals surface area contributed by atoms with Crippen LogP contribution >= 0.6 is 0 Å². The van der Waals surface area contributed by atoms with E-state index in [1.54, 1.807) is 0 Å². The second-order valence-corrected chi connectivity index (χ2v) is 15.1. The molecule has 1 unspecified atom stereocenters. The topological polar surface area (TPSA) is 82.6 Å². The largest absolute Gasteiger partial charge is 0.456 e. The van der Waals surface area contributed by atoms with Crippen LogP contribution in [0.1, 0.15) is 33.4 Å². The summed E-state index contributed by atoms with van der Waals surface area (Å²) in [6.45, 7) is 0. The Balaban J connectivity index is 1.17. The molecule has 0 saturated heterocycles. The Morgan fingerprint density at radius 3 is 1.77 bits per heavy atom. The highest BCUT2D eigenvalue weighted by Gasteiger charge is 2.52. The van der Waals surface area contributed by atoms with Gasteiger partial charge in [-0.2, -0.15) is 10.5 Å². The van der Waals surface area contributed by atoms with Crippen molar-refractivity contribution < 1.29 is 4.74 Å². The average Bonchev–Trinajstić information content (AvgIpc) is 3.62. The number of aromatic nitrogens is 2. The van der Waals surface area contributed by atoms with Crippen LogP contribution in [0.4, 0.5) is 0 Å². The van der Waals surface area contributed by atoms with Crippen LogP contribution in [0.2, 0.25) is 0 Å². The summed E-state index contributed by atoms with van der Waals surface area (Å²) in [5.41, 5.74) is 15.2. The van der Waals surface area contributed by atoms with Gasteiger partial charge in [0.2, 0.25) is 0 Å². The van der Waals surface area contributed by atoms with E-state index in [9.17, 15) is 10.5 Å². The molecule has 0 radical (unpaired) electrons. The van der Waals surface area contributed by atoms with E-state index in [1.807, 2.05) is 91.0 Å². The normalized spacial score (nSPS) is 14.2. The lowest BCUT2D eigenvalue weighted by atomic mass is 9.65. The molecule has 9 aromatic rings. The minimum absolute atomic E-state index is 0.562. The molecule has 60 heavy (non-hydrogen) atoms. The first kappa shape index (κ1) is 34.8. The molecule has 1 aliphatic carbocycles. The number of nitriles is 2. The molecule has 5 nitrogen and oxygen atoms in total. The molecule has 1 spiro atoms. The van der Waals surface area contributed by atoms with E-state index in [1.165, 1.54) is 0 Å². The first-order valence-corrected chi connectivity index (χ1v) is 19.8. The lowest BCUT2D eigenvalue weighted by Crippen LogP contribution is -2.32. The second-order valence-electron chi connectivity index (χ2n) is 15.1. The molecule has 0 fully saturated rings. The van der Waals surface area contributed by atoms with Gasteiger partial charge < -0.3 is 4.74 Å². The summed E-state index contributed by atoms with van der Waals surface area (Å²) in [5.74, 6) is 2.16. The molecule has 11 rings (SSSR count). The third-order valence-electron chi connectivity index (χ3n) is 11.8. The van der Waals surface area contributed by atoms with E-state index < -0.39 is 5.41 Å². The van der Waals surface area contributed by atoms with Gasteiger partial charge in [-0.3, -0.25) is 0 Å². The summed E-state index contributed by atoms with van der Waals surface area (Å²) >= 11 is 0. The van der Waals surface area contributed by atoms with E-state index >= 15 is 0 Å². The molecule has 5 heteroatoms. The van der Waals surface area contributed by atoms with E-state index in [2.05, 4.69) is 115 Å². The molecule has 1 aromatic heterocycles. The van der Waals surface area contributed by atoms with Gasteiger partial charge in [-0.15, -0.1) is 0 Å². The summed E-state index contributed by atoms with van der Waals surface area (Å²) in [6, 6.07) is 70.6.